The van der Waals surface area contributed by atoms with Gasteiger partial charge in [-0.2, -0.15) is 12.6 Å². The van der Waals surface area contributed by atoms with Crippen LogP contribution in [0.1, 0.15) is 25.2 Å². The van der Waals surface area contributed by atoms with Crippen LogP contribution in [0.2, 0.25) is 0 Å². The molecule has 3 amide bonds. The molecule has 0 saturated heterocycles. The van der Waals surface area contributed by atoms with Crippen LogP contribution < -0.4 is 21.7 Å². The van der Waals surface area contributed by atoms with E-state index in [9.17, 15) is 24.3 Å². The lowest BCUT2D eigenvalue weighted by Crippen LogP contribution is -2.59. The number of carbonyl (C=O) groups excluding carboxylic acids is 3. The molecule has 8 N–H and O–H groups in total. The highest BCUT2D eigenvalue weighted by Crippen LogP contribution is 2.07. The summed E-state index contributed by atoms with van der Waals surface area (Å²) >= 11 is 3.94. The van der Waals surface area contributed by atoms with Gasteiger partial charge in [0.1, 0.15) is 18.1 Å². The fourth-order valence-corrected chi connectivity index (χ4v) is 3.31. The maximum Gasteiger partial charge on any atom is 0.327 e. The number of aromatic amines is 2. The fraction of sp³-hybridized carbons (Fsp3) is 0.500. The molecule has 0 spiro atoms. The van der Waals surface area contributed by atoms with E-state index >= 15 is 0 Å². The quantitative estimate of drug-likeness (QED) is 0.151. The van der Waals surface area contributed by atoms with Gasteiger partial charge in [-0.05, 0) is 5.92 Å². The van der Waals surface area contributed by atoms with Crippen LogP contribution in [0.5, 0.6) is 0 Å². The highest BCUT2D eigenvalue weighted by atomic mass is 32.1. The number of rotatable bonds is 13. The van der Waals surface area contributed by atoms with Crippen LogP contribution in [-0.4, -0.2) is 78.7 Å². The molecule has 0 aliphatic rings. The molecule has 2 aromatic rings. The third-order valence-corrected chi connectivity index (χ3v) is 5.35. The lowest BCUT2D eigenvalue weighted by atomic mass is 10.0. The minimum Gasteiger partial charge on any atom is -0.480 e. The zero-order valence-corrected chi connectivity index (χ0v) is 19.7. The Balaban J connectivity index is 2.11. The molecule has 0 aliphatic carbocycles. The van der Waals surface area contributed by atoms with Crippen molar-refractivity contribution in [3.63, 3.8) is 0 Å². The number of nitrogens with two attached hydrogens (primary N) is 1. The van der Waals surface area contributed by atoms with Crippen molar-refractivity contribution in [2.45, 2.75) is 50.9 Å². The Hall–Kier alpha value is -3.39. The number of aliphatic carboxylic acids is 1. The van der Waals surface area contributed by atoms with Crippen LogP contribution in [0.3, 0.4) is 0 Å². The molecule has 0 bridgehead atoms. The molecule has 0 saturated carbocycles. The van der Waals surface area contributed by atoms with E-state index in [1.165, 1.54) is 18.9 Å². The predicted molar refractivity (Wildman–Crippen MR) is 125 cm³/mol. The van der Waals surface area contributed by atoms with Crippen molar-refractivity contribution in [2.24, 2.45) is 11.7 Å². The monoisotopic (exact) mass is 494 g/mol. The maximum absolute atomic E-state index is 13.1. The zero-order valence-electron chi connectivity index (χ0n) is 18.8. The van der Waals surface area contributed by atoms with Gasteiger partial charge in [0.25, 0.3) is 0 Å². The third kappa shape index (κ3) is 7.88. The molecule has 34 heavy (non-hydrogen) atoms. The average molecular weight is 495 g/mol. The maximum atomic E-state index is 13.1. The summed E-state index contributed by atoms with van der Waals surface area (Å²) in [5, 5.41) is 16.8. The first-order valence-corrected chi connectivity index (χ1v) is 11.2. The van der Waals surface area contributed by atoms with Crippen LogP contribution in [0.4, 0.5) is 0 Å². The number of aromatic nitrogens is 4. The number of thiol groups is 1. The van der Waals surface area contributed by atoms with Crippen LogP contribution in [0.15, 0.2) is 25.0 Å². The van der Waals surface area contributed by atoms with Crippen LogP contribution in [0.25, 0.3) is 0 Å². The number of hydrogen-bond acceptors (Lipinski definition) is 8. The van der Waals surface area contributed by atoms with Crippen molar-refractivity contribution in [3.8, 4) is 0 Å². The van der Waals surface area contributed by atoms with E-state index in [0.29, 0.717) is 11.4 Å². The zero-order chi connectivity index (χ0) is 25.3. The Morgan fingerprint density at radius 3 is 1.97 bits per heavy atom. The fourth-order valence-electron chi connectivity index (χ4n) is 3.07. The molecule has 0 aromatic carbocycles. The molecule has 4 unspecified atom stereocenters. The van der Waals surface area contributed by atoms with E-state index < -0.39 is 47.9 Å². The SMILES string of the molecule is CC(C)C(NC(=O)C(N)Cc1cnc[nH]1)C(=O)NC(Cc1cnc[nH]1)C(=O)NC(CS)C(=O)O. The first kappa shape index (κ1) is 26.9. The van der Waals surface area contributed by atoms with Gasteiger partial charge in [0.2, 0.25) is 17.7 Å². The summed E-state index contributed by atoms with van der Waals surface area (Å²) in [6.45, 7) is 3.46. The highest BCUT2D eigenvalue weighted by Gasteiger charge is 2.32. The summed E-state index contributed by atoms with van der Waals surface area (Å²) in [6, 6.07) is -4.28. The van der Waals surface area contributed by atoms with Crippen molar-refractivity contribution in [1.82, 2.24) is 35.9 Å². The van der Waals surface area contributed by atoms with E-state index in [0.717, 1.165) is 0 Å². The standard InChI is InChI=1S/C20H30N8O5S/c1-10(2)16(28-17(29)13(21)3-11-5-22-8-24-11)19(31)26-14(4-12-6-23-9-25-12)18(30)27-15(7-34)20(32)33/h5-6,8-10,13-16,34H,3-4,7,21H2,1-2H3,(H,22,24)(H,23,25)(H,26,31)(H,27,30)(H,28,29)(H,32,33). The average Bonchev–Trinajstić information content (AvgIpc) is 3.48. The number of carbonyl (C=O) groups is 4. The van der Waals surface area contributed by atoms with Gasteiger partial charge >= 0.3 is 5.97 Å². The van der Waals surface area contributed by atoms with Crippen LogP contribution in [0, 0.1) is 5.92 Å². The molecule has 0 fully saturated rings. The van der Waals surface area contributed by atoms with Gasteiger partial charge in [-0.3, -0.25) is 14.4 Å². The van der Waals surface area contributed by atoms with Gasteiger partial charge < -0.3 is 36.8 Å². The van der Waals surface area contributed by atoms with E-state index in [-0.39, 0.29) is 24.5 Å². The molecule has 4 atom stereocenters. The molecule has 2 aromatic heterocycles. The van der Waals surface area contributed by atoms with Gasteiger partial charge in [0.05, 0.1) is 18.7 Å². The molecule has 2 heterocycles. The third-order valence-electron chi connectivity index (χ3n) is 4.99. The normalized spacial score (nSPS) is 14.6. The lowest BCUT2D eigenvalue weighted by Gasteiger charge is -2.26. The van der Waals surface area contributed by atoms with Gasteiger partial charge in [0, 0.05) is 42.4 Å². The molecule has 13 nitrogen and oxygen atoms in total. The number of carboxylic acid groups (broad SMARTS) is 1. The topological polar surface area (TPSA) is 208 Å². The number of H-pyrrole nitrogens is 2. The van der Waals surface area contributed by atoms with Crippen LogP contribution in [-0.2, 0) is 32.0 Å². The van der Waals surface area contributed by atoms with Crippen molar-refractivity contribution in [1.29, 1.82) is 0 Å². The largest absolute Gasteiger partial charge is 0.480 e. The Bertz CT molecular complexity index is 950. The van der Waals surface area contributed by atoms with Gasteiger partial charge in [-0.25, -0.2) is 14.8 Å². The second kappa shape index (κ2) is 12.7. The number of imidazole rings is 2. The number of carboxylic acids is 1. The number of hydrogen-bond donors (Lipinski definition) is 8. The summed E-state index contributed by atoms with van der Waals surface area (Å²) in [5.41, 5.74) is 7.18. The molecule has 0 aliphatic heterocycles. The molecule has 14 heteroatoms. The highest BCUT2D eigenvalue weighted by molar-refractivity contribution is 7.80. The van der Waals surface area contributed by atoms with E-state index in [4.69, 9.17) is 5.73 Å². The first-order chi connectivity index (χ1) is 16.1. The summed E-state index contributed by atoms with van der Waals surface area (Å²) < 4.78 is 0. The second-order valence-electron chi connectivity index (χ2n) is 8.04. The minimum atomic E-state index is -1.26. The van der Waals surface area contributed by atoms with Gasteiger partial charge in [-0.15, -0.1) is 0 Å². The molecule has 0 radical (unpaired) electrons. The number of nitrogens with one attached hydrogen (secondary N) is 5. The summed E-state index contributed by atoms with van der Waals surface area (Å²) in [5.74, 6) is -3.59. The Morgan fingerprint density at radius 2 is 1.50 bits per heavy atom. The van der Waals surface area contributed by atoms with Crippen molar-refractivity contribution >= 4 is 36.3 Å². The predicted octanol–water partition coefficient (Wildman–Crippen LogP) is -1.63. The Morgan fingerprint density at radius 1 is 0.941 bits per heavy atom. The number of nitrogens with zero attached hydrogens (tertiary/aromatic N) is 2. The molecule has 2 rings (SSSR count). The Kier molecular flexibility index (Phi) is 10.1. The van der Waals surface area contributed by atoms with Crippen molar-refractivity contribution in [2.75, 3.05) is 5.75 Å². The molecular weight excluding hydrogens is 464 g/mol. The van der Waals surface area contributed by atoms with E-state index in [1.807, 2.05) is 0 Å². The molecular formula is C20H30N8O5S. The van der Waals surface area contributed by atoms with E-state index in [1.54, 1.807) is 20.0 Å². The van der Waals surface area contributed by atoms with Crippen molar-refractivity contribution < 1.29 is 24.3 Å². The van der Waals surface area contributed by atoms with E-state index in [2.05, 4.69) is 48.5 Å². The Labute approximate surface area is 201 Å². The number of amides is 3. The lowest BCUT2D eigenvalue weighted by molar-refractivity contribution is -0.141. The smallest absolute Gasteiger partial charge is 0.327 e. The van der Waals surface area contributed by atoms with Crippen molar-refractivity contribution in [3.05, 3.63) is 36.4 Å². The summed E-state index contributed by atoms with van der Waals surface area (Å²) in [6.07, 6.45) is 6.14. The van der Waals surface area contributed by atoms with Gasteiger partial charge in [-0.1, -0.05) is 13.8 Å². The van der Waals surface area contributed by atoms with Crippen LogP contribution >= 0.6 is 12.6 Å². The second-order valence-corrected chi connectivity index (χ2v) is 8.41. The van der Waals surface area contributed by atoms with Gasteiger partial charge in [0.15, 0.2) is 0 Å². The molecule has 186 valence electrons. The first-order valence-electron chi connectivity index (χ1n) is 10.6. The minimum absolute atomic E-state index is 0.0224. The summed E-state index contributed by atoms with van der Waals surface area (Å²) in [4.78, 5) is 63.2. The summed E-state index contributed by atoms with van der Waals surface area (Å²) in [7, 11) is 0.